The summed E-state index contributed by atoms with van der Waals surface area (Å²) in [6, 6.07) is 7.87. The number of ether oxygens (including phenoxy) is 1. The van der Waals surface area contributed by atoms with Gasteiger partial charge in [0.05, 0.1) is 12.8 Å². The van der Waals surface area contributed by atoms with E-state index >= 15 is 0 Å². The predicted octanol–water partition coefficient (Wildman–Crippen LogP) is 3.73. The van der Waals surface area contributed by atoms with Gasteiger partial charge in [-0.3, -0.25) is 4.57 Å². The van der Waals surface area contributed by atoms with Crippen LogP contribution < -0.4 is 4.74 Å². The zero-order valence-electron chi connectivity index (χ0n) is 9.91. The largest absolute Gasteiger partial charge is 0.497 e. The lowest BCUT2D eigenvalue weighted by atomic mass is 10.3. The molecule has 2 aromatic rings. The number of benzene rings is 1. The van der Waals surface area contributed by atoms with Gasteiger partial charge in [0, 0.05) is 29.7 Å². The minimum Gasteiger partial charge on any atom is -0.497 e. The molecule has 0 radical (unpaired) electrons. The summed E-state index contributed by atoms with van der Waals surface area (Å²) in [5.74, 6) is 1.63. The Morgan fingerprint density at radius 1 is 1.50 bits per heavy atom. The molecule has 94 valence electrons. The Morgan fingerprint density at radius 3 is 3.17 bits per heavy atom. The van der Waals surface area contributed by atoms with Crippen LogP contribution in [0.25, 0.3) is 5.69 Å². The highest BCUT2D eigenvalue weighted by molar-refractivity contribution is 7.99. The molecule has 3 nitrogen and oxygen atoms in total. The fraction of sp³-hybridized carbons (Fsp3) is 0.154. The van der Waals surface area contributed by atoms with Gasteiger partial charge in [0.2, 0.25) is 0 Å². The average molecular weight is 281 g/mol. The lowest BCUT2D eigenvalue weighted by Gasteiger charge is -2.08. The van der Waals surface area contributed by atoms with Crippen molar-refractivity contribution < 1.29 is 4.74 Å². The summed E-state index contributed by atoms with van der Waals surface area (Å²) in [7, 11) is 1.66. The van der Waals surface area contributed by atoms with Gasteiger partial charge in [0.25, 0.3) is 0 Å². The minimum absolute atomic E-state index is 0.796. The van der Waals surface area contributed by atoms with Crippen LogP contribution in [-0.2, 0) is 0 Å². The molecule has 1 aromatic carbocycles. The Bertz CT molecular complexity index is 539. The maximum atomic E-state index is 5.50. The predicted molar refractivity (Wildman–Crippen MR) is 75.8 cm³/mol. The van der Waals surface area contributed by atoms with E-state index in [0.717, 1.165) is 22.3 Å². The Labute approximate surface area is 115 Å². The fourth-order valence-corrected chi connectivity index (χ4v) is 2.49. The topological polar surface area (TPSA) is 27.1 Å². The molecule has 0 amide bonds. The van der Waals surface area contributed by atoms with Crippen LogP contribution in [0.4, 0.5) is 0 Å². The van der Waals surface area contributed by atoms with Gasteiger partial charge in [-0.15, -0.1) is 0 Å². The molecule has 0 aliphatic rings. The number of halogens is 1. The van der Waals surface area contributed by atoms with Gasteiger partial charge in [-0.05, 0) is 12.1 Å². The number of hydrogen-bond acceptors (Lipinski definition) is 3. The number of imidazole rings is 1. The third-order valence-electron chi connectivity index (χ3n) is 2.34. The van der Waals surface area contributed by atoms with Crippen LogP contribution >= 0.6 is 23.4 Å². The number of nitrogens with zero attached hydrogens (tertiary/aromatic N) is 2. The van der Waals surface area contributed by atoms with Crippen molar-refractivity contribution in [2.45, 2.75) is 5.16 Å². The molecule has 0 spiro atoms. The molecule has 0 atom stereocenters. The summed E-state index contributed by atoms with van der Waals surface area (Å²) in [6.45, 7) is 0. The zero-order valence-corrected chi connectivity index (χ0v) is 11.5. The highest BCUT2D eigenvalue weighted by Crippen LogP contribution is 2.23. The van der Waals surface area contributed by atoms with E-state index in [9.17, 15) is 0 Å². The van der Waals surface area contributed by atoms with Gasteiger partial charge >= 0.3 is 0 Å². The molecule has 18 heavy (non-hydrogen) atoms. The minimum atomic E-state index is 0.796. The quantitative estimate of drug-likeness (QED) is 0.781. The van der Waals surface area contributed by atoms with Crippen molar-refractivity contribution in [1.82, 2.24) is 9.55 Å². The van der Waals surface area contributed by atoms with E-state index in [0.29, 0.717) is 0 Å². The summed E-state index contributed by atoms with van der Waals surface area (Å²) in [4.78, 5) is 4.33. The first-order valence-corrected chi connectivity index (χ1v) is 6.83. The SMILES string of the molecule is COc1cccc(-n2ccnc2SC/C=C/Cl)c1. The van der Waals surface area contributed by atoms with Gasteiger partial charge in [-0.1, -0.05) is 35.5 Å². The van der Waals surface area contributed by atoms with Gasteiger partial charge in [0.15, 0.2) is 5.16 Å². The molecule has 0 saturated carbocycles. The molecule has 2 rings (SSSR count). The van der Waals surface area contributed by atoms with E-state index in [-0.39, 0.29) is 0 Å². The number of rotatable bonds is 5. The molecule has 0 N–H and O–H groups in total. The van der Waals surface area contributed by atoms with Gasteiger partial charge in [0.1, 0.15) is 5.75 Å². The summed E-state index contributed by atoms with van der Waals surface area (Å²) < 4.78 is 7.25. The Morgan fingerprint density at radius 2 is 2.39 bits per heavy atom. The maximum absolute atomic E-state index is 5.50. The average Bonchev–Trinajstić information content (AvgIpc) is 2.87. The first-order chi connectivity index (χ1) is 8.85. The van der Waals surface area contributed by atoms with Crippen LogP contribution in [0.1, 0.15) is 0 Å². The molecule has 0 bridgehead atoms. The maximum Gasteiger partial charge on any atom is 0.172 e. The monoisotopic (exact) mass is 280 g/mol. The van der Waals surface area contributed by atoms with Crippen molar-refractivity contribution in [1.29, 1.82) is 0 Å². The molecular formula is C13H13ClN2OS. The molecule has 0 saturated heterocycles. The second-order valence-electron chi connectivity index (χ2n) is 3.45. The summed E-state index contributed by atoms with van der Waals surface area (Å²) in [5.41, 5.74) is 2.55. The summed E-state index contributed by atoms with van der Waals surface area (Å²) in [6.07, 6.45) is 5.60. The highest BCUT2D eigenvalue weighted by Gasteiger charge is 2.05. The highest BCUT2D eigenvalue weighted by atomic mass is 35.5. The molecule has 0 aliphatic heterocycles. The smallest absolute Gasteiger partial charge is 0.172 e. The standard InChI is InChI=1S/C13H13ClN2OS/c1-17-12-5-2-4-11(10-12)16-8-7-15-13(16)18-9-3-6-14/h2-8,10H,9H2,1H3/b6-3+. The lowest BCUT2D eigenvalue weighted by molar-refractivity contribution is 0.414. The fourth-order valence-electron chi connectivity index (χ4n) is 1.51. The number of aromatic nitrogens is 2. The van der Waals surface area contributed by atoms with E-state index in [1.54, 1.807) is 25.1 Å². The van der Waals surface area contributed by atoms with E-state index < -0.39 is 0 Å². The molecular weight excluding hydrogens is 268 g/mol. The van der Waals surface area contributed by atoms with Crippen LogP contribution in [0, 0.1) is 0 Å². The van der Waals surface area contributed by atoms with Gasteiger partial charge < -0.3 is 4.74 Å². The van der Waals surface area contributed by atoms with E-state index in [4.69, 9.17) is 16.3 Å². The first kappa shape index (κ1) is 13.1. The van der Waals surface area contributed by atoms with Crippen molar-refractivity contribution in [3.05, 3.63) is 48.3 Å². The van der Waals surface area contributed by atoms with Crippen LogP contribution in [0.5, 0.6) is 5.75 Å². The zero-order chi connectivity index (χ0) is 12.8. The normalized spacial score (nSPS) is 11.0. The molecule has 0 unspecified atom stereocenters. The van der Waals surface area contributed by atoms with Crippen LogP contribution in [-0.4, -0.2) is 22.4 Å². The lowest BCUT2D eigenvalue weighted by Crippen LogP contribution is -1.95. The van der Waals surface area contributed by atoms with Gasteiger partial charge in [-0.2, -0.15) is 0 Å². The Kier molecular flexibility index (Phi) is 4.73. The number of thioether (sulfide) groups is 1. The molecule has 1 heterocycles. The second-order valence-corrected chi connectivity index (χ2v) is 4.69. The summed E-state index contributed by atoms with van der Waals surface area (Å²) >= 11 is 7.13. The van der Waals surface area contributed by atoms with Crippen LogP contribution in [0.2, 0.25) is 0 Å². The third kappa shape index (κ3) is 3.09. The van der Waals surface area contributed by atoms with Crippen molar-refractivity contribution in [3.63, 3.8) is 0 Å². The van der Waals surface area contributed by atoms with Crippen LogP contribution in [0.15, 0.2) is 53.4 Å². The molecule has 0 fully saturated rings. The number of methoxy groups -OCH3 is 1. The number of hydrogen-bond donors (Lipinski definition) is 0. The van der Waals surface area contributed by atoms with Crippen molar-refractivity contribution in [2.75, 3.05) is 12.9 Å². The van der Waals surface area contributed by atoms with Crippen molar-refractivity contribution in [3.8, 4) is 11.4 Å². The third-order valence-corrected chi connectivity index (χ3v) is 3.43. The second kappa shape index (κ2) is 6.52. The van der Waals surface area contributed by atoms with Crippen molar-refractivity contribution in [2.24, 2.45) is 0 Å². The first-order valence-electron chi connectivity index (χ1n) is 5.41. The molecule has 5 heteroatoms. The Hall–Kier alpha value is -1.39. The van der Waals surface area contributed by atoms with E-state index in [2.05, 4.69) is 4.98 Å². The summed E-state index contributed by atoms with van der Waals surface area (Å²) in [5, 5.41) is 0.929. The Balaban J connectivity index is 2.24. The van der Waals surface area contributed by atoms with E-state index in [1.165, 1.54) is 5.54 Å². The van der Waals surface area contributed by atoms with Gasteiger partial charge in [-0.25, -0.2) is 4.98 Å². The van der Waals surface area contributed by atoms with Crippen molar-refractivity contribution >= 4 is 23.4 Å². The molecule has 0 aliphatic carbocycles. The molecule has 1 aromatic heterocycles. The van der Waals surface area contributed by atoms with Crippen LogP contribution in [0.3, 0.4) is 0 Å². The van der Waals surface area contributed by atoms with E-state index in [1.807, 2.05) is 41.1 Å².